The lowest BCUT2D eigenvalue weighted by Crippen LogP contribution is -2.38. The van der Waals surface area contributed by atoms with Crippen molar-refractivity contribution in [2.75, 3.05) is 19.0 Å². The Kier molecular flexibility index (Phi) is 4.46. The number of carbonyl (C=O) groups is 1. The molecule has 0 bridgehead atoms. The third-order valence-corrected chi connectivity index (χ3v) is 4.01. The van der Waals surface area contributed by atoms with E-state index in [0.29, 0.717) is 30.5 Å². The summed E-state index contributed by atoms with van der Waals surface area (Å²) in [5.41, 5.74) is 0.436. The fraction of sp³-hybridized carbons (Fsp3) is 0.462. The average molecular weight is 290 g/mol. The number of nitrogens with zero attached hydrogens (tertiary/aromatic N) is 1. The zero-order valence-electron chi connectivity index (χ0n) is 9.83. The molecule has 0 aliphatic carbocycles. The fourth-order valence-electron chi connectivity index (χ4n) is 2.10. The summed E-state index contributed by atoms with van der Waals surface area (Å²) < 4.78 is 13.0. The Labute approximate surface area is 116 Å². The van der Waals surface area contributed by atoms with Gasteiger partial charge in [0.05, 0.1) is 5.02 Å². The molecule has 2 rings (SSSR count). The fourth-order valence-corrected chi connectivity index (χ4v) is 2.59. The summed E-state index contributed by atoms with van der Waals surface area (Å²) in [5, 5.41) is -0.0171. The molecule has 1 aromatic carbocycles. The van der Waals surface area contributed by atoms with Gasteiger partial charge in [0, 0.05) is 24.5 Å². The van der Waals surface area contributed by atoms with Crippen LogP contribution in [0.5, 0.6) is 0 Å². The van der Waals surface area contributed by atoms with Gasteiger partial charge in [-0.1, -0.05) is 11.6 Å². The maximum atomic E-state index is 13.0. The zero-order valence-corrected chi connectivity index (χ0v) is 11.3. The lowest BCUT2D eigenvalue weighted by atomic mass is 9.98. The number of amides is 1. The smallest absolute Gasteiger partial charge is 0.253 e. The second-order valence-electron chi connectivity index (χ2n) is 4.52. The number of likely N-dealkylation sites (tertiary alicyclic amines) is 1. The van der Waals surface area contributed by atoms with Crippen LogP contribution in [0.25, 0.3) is 0 Å². The van der Waals surface area contributed by atoms with Crippen LogP contribution in [0.3, 0.4) is 0 Å². The number of alkyl halides is 1. The third-order valence-electron chi connectivity index (χ3n) is 3.29. The summed E-state index contributed by atoms with van der Waals surface area (Å²) in [6, 6.07) is 4.07. The molecule has 1 saturated heterocycles. The first-order valence-corrected chi connectivity index (χ1v) is 6.83. The van der Waals surface area contributed by atoms with E-state index in [9.17, 15) is 9.18 Å². The van der Waals surface area contributed by atoms with Gasteiger partial charge in [-0.25, -0.2) is 4.39 Å². The first kappa shape index (κ1) is 13.6. The van der Waals surface area contributed by atoms with E-state index in [1.165, 1.54) is 18.2 Å². The molecule has 0 unspecified atom stereocenters. The van der Waals surface area contributed by atoms with Gasteiger partial charge >= 0.3 is 0 Å². The summed E-state index contributed by atoms with van der Waals surface area (Å²) >= 11 is 11.5. The molecule has 1 aliphatic heterocycles. The molecule has 18 heavy (non-hydrogen) atoms. The van der Waals surface area contributed by atoms with Crippen molar-refractivity contribution in [3.05, 3.63) is 34.6 Å². The second-order valence-corrected chi connectivity index (χ2v) is 5.23. The normalized spacial score (nSPS) is 16.9. The summed E-state index contributed by atoms with van der Waals surface area (Å²) in [4.78, 5) is 13.9. The number of hydrogen-bond donors (Lipinski definition) is 0. The van der Waals surface area contributed by atoms with Gasteiger partial charge in [0.1, 0.15) is 5.82 Å². The van der Waals surface area contributed by atoms with Crippen LogP contribution in [-0.4, -0.2) is 29.8 Å². The number of halogens is 3. The van der Waals surface area contributed by atoms with Gasteiger partial charge in [-0.3, -0.25) is 4.79 Å². The highest BCUT2D eigenvalue weighted by Crippen LogP contribution is 2.22. The Bertz CT molecular complexity index is 445. The van der Waals surface area contributed by atoms with Gasteiger partial charge in [-0.15, -0.1) is 11.6 Å². The molecular formula is C13H14Cl2FNO. The molecule has 0 aromatic heterocycles. The monoisotopic (exact) mass is 289 g/mol. The van der Waals surface area contributed by atoms with E-state index in [-0.39, 0.29) is 10.9 Å². The average Bonchev–Trinajstić information content (AvgIpc) is 2.41. The zero-order chi connectivity index (χ0) is 13.1. The predicted molar refractivity (Wildman–Crippen MR) is 70.8 cm³/mol. The van der Waals surface area contributed by atoms with Crippen LogP contribution in [0.15, 0.2) is 18.2 Å². The Morgan fingerprint density at radius 1 is 1.39 bits per heavy atom. The van der Waals surface area contributed by atoms with E-state index in [0.717, 1.165) is 12.8 Å². The lowest BCUT2D eigenvalue weighted by Gasteiger charge is -2.31. The maximum Gasteiger partial charge on any atom is 0.253 e. The van der Waals surface area contributed by atoms with Crippen LogP contribution >= 0.6 is 23.2 Å². The largest absolute Gasteiger partial charge is 0.339 e. The second kappa shape index (κ2) is 5.89. The van der Waals surface area contributed by atoms with Crippen LogP contribution in [0.1, 0.15) is 23.2 Å². The van der Waals surface area contributed by atoms with Crippen molar-refractivity contribution < 1.29 is 9.18 Å². The first-order valence-electron chi connectivity index (χ1n) is 5.92. The van der Waals surface area contributed by atoms with Crippen LogP contribution < -0.4 is 0 Å². The lowest BCUT2D eigenvalue weighted by molar-refractivity contribution is 0.0698. The number of piperidine rings is 1. The molecule has 5 heteroatoms. The highest BCUT2D eigenvalue weighted by molar-refractivity contribution is 6.31. The molecule has 0 saturated carbocycles. The Morgan fingerprint density at radius 2 is 2.06 bits per heavy atom. The van der Waals surface area contributed by atoms with Gasteiger partial charge < -0.3 is 4.90 Å². The first-order chi connectivity index (χ1) is 8.61. The minimum absolute atomic E-state index is 0.0171. The van der Waals surface area contributed by atoms with Crippen LogP contribution in [-0.2, 0) is 0 Å². The quantitative estimate of drug-likeness (QED) is 0.762. The Hall–Kier alpha value is -0.800. The Balaban J connectivity index is 2.05. The van der Waals surface area contributed by atoms with E-state index in [1.807, 2.05) is 0 Å². The van der Waals surface area contributed by atoms with Crippen LogP contribution in [0.2, 0.25) is 5.02 Å². The predicted octanol–water partition coefficient (Wildman–Crippen LogP) is 3.57. The van der Waals surface area contributed by atoms with Crippen molar-refractivity contribution in [3.63, 3.8) is 0 Å². The SMILES string of the molecule is O=C(c1ccc(F)c(Cl)c1)N1CCC(CCl)CC1. The minimum atomic E-state index is -0.505. The van der Waals surface area contributed by atoms with Crippen molar-refractivity contribution in [2.24, 2.45) is 5.92 Å². The van der Waals surface area contributed by atoms with Crippen molar-refractivity contribution in [2.45, 2.75) is 12.8 Å². The summed E-state index contributed by atoms with van der Waals surface area (Å²) in [6.45, 7) is 1.40. The molecule has 1 aliphatic rings. The molecule has 0 spiro atoms. The molecular weight excluding hydrogens is 276 g/mol. The number of rotatable bonds is 2. The molecule has 1 fully saturated rings. The van der Waals surface area contributed by atoms with E-state index >= 15 is 0 Å². The maximum absolute atomic E-state index is 13.0. The van der Waals surface area contributed by atoms with E-state index in [4.69, 9.17) is 23.2 Å². The van der Waals surface area contributed by atoms with Crippen molar-refractivity contribution in [3.8, 4) is 0 Å². The molecule has 0 radical (unpaired) electrons. The number of benzene rings is 1. The van der Waals surface area contributed by atoms with Crippen LogP contribution in [0, 0.1) is 11.7 Å². The van der Waals surface area contributed by atoms with Gasteiger partial charge in [0.2, 0.25) is 0 Å². The van der Waals surface area contributed by atoms with E-state index < -0.39 is 5.82 Å². The molecule has 2 nitrogen and oxygen atoms in total. The van der Waals surface area contributed by atoms with Gasteiger partial charge in [-0.2, -0.15) is 0 Å². The molecule has 1 amide bonds. The van der Waals surface area contributed by atoms with E-state index in [2.05, 4.69) is 0 Å². The van der Waals surface area contributed by atoms with Gasteiger partial charge in [0.25, 0.3) is 5.91 Å². The van der Waals surface area contributed by atoms with Gasteiger partial charge in [-0.05, 0) is 37.0 Å². The highest BCUT2D eigenvalue weighted by Gasteiger charge is 2.23. The molecule has 0 atom stereocenters. The summed E-state index contributed by atoms with van der Waals surface area (Å²) in [7, 11) is 0. The molecule has 1 heterocycles. The molecule has 98 valence electrons. The summed E-state index contributed by atoms with van der Waals surface area (Å²) in [6.07, 6.45) is 1.84. The molecule has 1 aromatic rings. The molecule has 0 N–H and O–H groups in total. The topological polar surface area (TPSA) is 20.3 Å². The Morgan fingerprint density at radius 3 is 2.61 bits per heavy atom. The highest BCUT2D eigenvalue weighted by atomic mass is 35.5. The standard InChI is InChI=1S/C13H14Cl2FNO/c14-8-9-3-5-17(6-4-9)13(18)10-1-2-12(16)11(15)7-10/h1-2,7,9H,3-6,8H2. The number of carbonyl (C=O) groups excluding carboxylic acids is 1. The van der Waals surface area contributed by atoms with Gasteiger partial charge in [0.15, 0.2) is 0 Å². The van der Waals surface area contributed by atoms with Crippen LogP contribution in [0.4, 0.5) is 4.39 Å². The van der Waals surface area contributed by atoms with Crippen molar-refractivity contribution >= 4 is 29.1 Å². The summed E-state index contributed by atoms with van der Waals surface area (Å²) in [5.74, 6) is 0.538. The number of hydrogen-bond acceptors (Lipinski definition) is 1. The minimum Gasteiger partial charge on any atom is -0.339 e. The third kappa shape index (κ3) is 2.96. The van der Waals surface area contributed by atoms with E-state index in [1.54, 1.807) is 4.90 Å². The van der Waals surface area contributed by atoms with Crippen molar-refractivity contribution in [1.29, 1.82) is 0 Å². The van der Waals surface area contributed by atoms with Crippen molar-refractivity contribution in [1.82, 2.24) is 4.90 Å².